The lowest BCUT2D eigenvalue weighted by Gasteiger charge is -2.09. The highest BCUT2D eigenvalue weighted by Gasteiger charge is 2.10. The minimum absolute atomic E-state index is 0.120. The van der Waals surface area contributed by atoms with Crippen LogP contribution in [-0.2, 0) is 0 Å². The van der Waals surface area contributed by atoms with Crippen LogP contribution in [0.1, 0.15) is 40.2 Å². The van der Waals surface area contributed by atoms with Crippen molar-refractivity contribution in [2.24, 2.45) is 5.92 Å². The molecular formula is C12H24N4OS. The summed E-state index contributed by atoms with van der Waals surface area (Å²) in [6, 6.07) is 0.151. The van der Waals surface area contributed by atoms with Crippen LogP contribution >= 0.6 is 11.8 Å². The molecule has 1 heterocycles. The van der Waals surface area contributed by atoms with Crippen molar-refractivity contribution in [2.75, 3.05) is 18.8 Å². The van der Waals surface area contributed by atoms with E-state index in [4.69, 9.17) is 0 Å². The third kappa shape index (κ3) is 4.86. The summed E-state index contributed by atoms with van der Waals surface area (Å²) in [6.07, 6.45) is 1.08. The van der Waals surface area contributed by atoms with E-state index in [1.807, 2.05) is 13.8 Å². The van der Waals surface area contributed by atoms with E-state index in [9.17, 15) is 4.79 Å². The molecule has 0 spiro atoms. The summed E-state index contributed by atoms with van der Waals surface area (Å²) >= 11 is 1.64. The number of thioether (sulfide) groups is 1. The zero-order valence-electron chi connectivity index (χ0n) is 11.7. The normalized spacial score (nSPS) is 11.7. The van der Waals surface area contributed by atoms with Gasteiger partial charge < -0.3 is 5.32 Å². The Bertz CT molecular complexity index is 397. The SMILES string of the molecule is CC(C)CNCCCSc1n[nH]c(=O)n1C(C)C. The molecular weight excluding hydrogens is 248 g/mol. The molecule has 0 saturated carbocycles. The number of hydrogen-bond donors (Lipinski definition) is 2. The van der Waals surface area contributed by atoms with Gasteiger partial charge in [0.2, 0.25) is 0 Å². The first-order valence-electron chi connectivity index (χ1n) is 6.52. The fourth-order valence-corrected chi connectivity index (χ4v) is 2.61. The van der Waals surface area contributed by atoms with E-state index in [1.54, 1.807) is 16.3 Å². The smallest absolute Gasteiger partial charge is 0.316 e. The summed E-state index contributed by atoms with van der Waals surface area (Å²) in [6.45, 7) is 10.5. The van der Waals surface area contributed by atoms with E-state index < -0.39 is 0 Å². The fraction of sp³-hybridized carbons (Fsp3) is 0.833. The topological polar surface area (TPSA) is 62.7 Å². The van der Waals surface area contributed by atoms with Gasteiger partial charge in [0.25, 0.3) is 0 Å². The Kier molecular flexibility index (Phi) is 6.49. The van der Waals surface area contributed by atoms with E-state index in [1.165, 1.54) is 0 Å². The monoisotopic (exact) mass is 272 g/mol. The van der Waals surface area contributed by atoms with E-state index in [2.05, 4.69) is 29.4 Å². The van der Waals surface area contributed by atoms with Crippen molar-refractivity contribution in [2.45, 2.75) is 45.3 Å². The number of nitrogens with one attached hydrogen (secondary N) is 2. The van der Waals surface area contributed by atoms with Crippen molar-refractivity contribution >= 4 is 11.8 Å². The maximum absolute atomic E-state index is 11.5. The van der Waals surface area contributed by atoms with Crippen LogP contribution in [0.3, 0.4) is 0 Å². The minimum Gasteiger partial charge on any atom is -0.316 e. The Morgan fingerprint density at radius 3 is 2.72 bits per heavy atom. The molecule has 1 rings (SSSR count). The Balaban J connectivity index is 2.29. The van der Waals surface area contributed by atoms with Crippen molar-refractivity contribution < 1.29 is 0 Å². The van der Waals surface area contributed by atoms with Crippen molar-refractivity contribution in [1.82, 2.24) is 20.1 Å². The van der Waals surface area contributed by atoms with E-state index in [0.717, 1.165) is 30.4 Å². The molecule has 5 nitrogen and oxygen atoms in total. The standard InChI is InChI=1S/C12H24N4OS/c1-9(2)8-13-6-5-7-18-12-15-14-11(17)16(12)10(3)4/h9-10,13H,5-8H2,1-4H3,(H,14,17). The molecule has 104 valence electrons. The molecule has 0 fully saturated rings. The van der Waals surface area contributed by atoms with Gasteiger partial charge in [-0.15, -0.1) is 5.10 Å². The van der Waals surface area contributed by atoms with Gasteiger partial charge in [0, 0.05) is 11.8 Å². The summed E-state index contributed by atoms with van der Waals surface area (Å²) in [5.74, 6) is 1.66. The second-order valence-corrected chi connectivity index (χ2v) is 6.14. The molecule has 1 aromatic heterocycles. The highest BCUT2D eigenvalue weighted by molar-refractivity contribution is 7.99. The lowest BCUT2D eigenvalue weighted by Crippen LogP contribution is -2.21. The molecule has 1 aromatic rings. The third-order valence-corrected chi connectivity index (χ3v) is 3.51. The average molecular weight is 272 g/mol. The minimum atomic E-state index is -0.120. The Morgan fingerprint density at radius 2 is 2.11 bits per heavy atom. The molecule has 0 aliphatic rings. The zero-order chi connectivity index (χ0) is 13.5. The van der Waals surface area contributed by atoms with Gasteiger partial charge in [-0.25, -0.2) is 9.89 Å². The summed E-state index contributed by atoms with van der Waals surface area (Å²) in [7, 11) is 0. The van der Waals surface area contributed by atoms with Crippen molar-refractivity contribution in [3.8, 4) is 0 Å². The second-order valence-electron chi connectivity index (χ2n) is 5.08. The van der Waals surface area contributed by atoms with Gasteiger partial charge in [-0.05, 0) is 39.3 Å². The van der Waals surface area contributed by atoms with E-state index in [-0.39, 0.29) is 11.7 Å². The third-order valence-electron chi connectivity index (χ3n) is 2.47. The molecule has 0 aliphatic carbocycles. The highest BCUT2D eigenvalue weighted by atomic mass is 32.2. The number of H-pyrrole nitrogens is 1. The summed E-state index contributed by atoms with van der Waals surface area (Å²) in [4.78, 5) is 11.5. The molecule has 2 N–H and O–H groups in total. The molecule has 0 bridgehead atoms. The lowest BCUT2D eigenvalue weighted by molar-refractivity contribution is 0.533. The number of rotatable bonds is 8. The molecule has 0 radical (unpaired) electrons. The second kappa shape index (κ2) is 7.63. The van der Waals surface area contributed by atoms with Crippen LogP contribution in [-0.4, -0.2) is 33.6 Å². The maximum Gasteiger partial charge on any atom is 0.344 e. The molecule has 0 atom stereocenters. The largest absolute Gasteiger partial charge is 0.344 e. The molecule has 0 aromatic carbocycles. The molecule has 0 aliphatic heterocycles. The van der Waals surface area contributed by atoms with Crippen LogP contribution in [0.25, 0.3) is 0 Å². The van der Waals surface area contributed by atoms with Crippen molar-refractivity contribution in [3.05, 3.63) is 10.5 Å². The number of aromatic amines is 1. The first-order chi connectivity index (χ1) is 8.52. The van der Waals surface area contributed by atoms with Crippen LogP contribution in [0.15, 0.2) is 9.95 Å². The number of hydrogen-bond acceptors (Lipinski definition) is 4. The maximum atomic E-state index is 11.5. The summed E-state index contributed by atoms with van der Waals surface area (Å²) in [5, 5.41) is 10.8. The lowest BCUT2D eigenvalue weighted by atomic mass is 10.2. The van der Waals surface area contributed by atoms with Crippen LogP contribution < -0.4 is 11.0 Å². The van der Waals surface area contributed by atoms with Gasteiger partial charge in [0.15, 0.2) is 5.16 Å². The van der Waals surface area contributed by atoms with Crippen LogP contribution in [0.5, 0.6) is 0 Å². The predicted molar refractivity (Wildman–Crippen MR) is 76.3 cm³/mol. The molecule has 0 amide bonds. The Morgan fingerprint density at radius 1 is 1.39 bits per heavy atom. The van der Waals surface area contributed by atoms with Crippen LogP contribution in [0, 0.1) is 5.92 Å². The first-order valence-corrected chi connectivity index (χ1v) is 7.51. The zero-order valence-corrected chi connectivity index (χ0v) is 12.5. The predicted octanol–water partition coefficient (Wildman–Crippen LogP) is 1.88. The van der Waals surface area contributed by atoms with Crippen molar-refractivity contribution in [1.29, 1.82) is 0 Å². The van der Waals surface area contributed by atoms with Crippen LogP contribution in [0.4, 0.5) is 0 Å². The Hall–Kier alpha value is -0.750. The molecule has 18 heavy (non-hydrogen) atoms. The summed E-state index contributed by atoms with van der Waals surface area (Å²) in [5.41, 5.74) is -0.120. The fourth-order valence-electron chi connectivity index (χ4n) is 1.60. The number of nitrogens with zero attached hydrogens (tertiary/aromatic N) is 2. The van der Waals surface area contributed by atoms with Gasteiger partial charge in [0.1, 0.15) is 0 Å². The van der Waals surface area contributed by atoms with Gasteiger partial charge >= 0.3 is 5.69 Å². The van der Waals surface area contributed by atoms with E-state index >= 15 is 0 Å². The molecule has 0 unspecified atom stereocenters. The van der Waals surface area contributed by atoms with Crippen LogP contribution in [0.2, 0.25) is 0 Å². The van der Waals surface area contributed by atoms with Gasteiger partial charge in [-0.3, -0.25) is 4.57 Å². The average Bonchev–Trinajstić information content (AvgIpc) is 2.64. The van der Waals surface area contributed by atoms with Gasteiger partial charge in [0.05, 0.1) is 0 Å². The van der Waals surface area contributed by atoms with Gasteiger partial charge in [-0.1, -0.05) is 25.6 Å². The van der Waals surface area contributed by atoms with Crippen molar-refractivity contribution in [3.63, 3.8) is 0 Å². The first kappa shape index (κ1) is 15.3. The number of aromatic nitrogens is 3. The summed E-state index contributed by atoms with van der Waals surface area (Å²) < 4.78 is 1.70. The molecule has 0 saturated heterocycles. The van der Waals surface area contributed by atoms with E-state index in [0.29, 0.717) is 5.92 Å². The van der Waals surface area contributed by atoms with Gasteiger partial charge in [-0.2, -0.15) is 0 Å². The Labute approximate surface area is 113 Å². The molecule has 6 heteroatoms. The quantitative estimate of drug-likeness (QED) is 0.560. The highest BCUT2D eigenvalue weighted by Crippen LogP contribution is 2.17.